The van der Waals surface area contributed by atoms with Gasteiger partial charge in [0.2, 0.25) is 0 Å². The molecule has 0 bridgehead atoms. The third-order valence-electron chi connectivity index (χ3n) is 4.90. The van der Waals surface area contributed by atoms with Crippen molar-refractivity contribution in [3.8, 4) is 22.9 Å². The second-order valence-corrected chi connectivity index (χ2v) is 7.31. The summed E-state index contributed by atoms with van der Waals surface area (Å²) in [6.07, 6.45) is 2.13. The Labute approximate surface area is 182 Å². The second kappa shape index (κ2) is 8.61. The third kappa shape index (κ3) is 4.29. The van der Waals surface area contributed by atoms with Gasteiger partial charge in [-0.1, -0.05) is 23.7 Å². The molecular formula is C22H17ClFN5O2. The van der Waals surface area contributed by atoms with Gasteiger partial charge < -0.3 is 0 Å². The summed E-state index contributed by atoms with van der Waals surface area (Å²) in [5.41, 5.74) is 2.05. The van der Waals surface area contributed by atoms with Gasteiger partial charge in [0.25, 0.3) is 5.69 Å². The lowest BCUT2D eigenvalue weighted by molar-refractivity contribution is -0.385. The molecule has 0 aliphatic carbocycles. The lowest BCUT2D eigenvalue weighted by Gasteiger charge is -2.08. The first-order chi connectivity index (χ1) is 14.9. The Kier molecular flexibility index (Phi) is 5.73. The maximum Gasteiger partial charge on any atom is 0.272 e. The van der Waals surface area contributed by atoms with Crippen LogP contribution in [0.4, 0.5) is 10.1 Å². The quantitative estimate of drug-likeness (QED) is 0.312. The Morgan fingerprint density at radius 2 is 1.97 bits per heavy atom. The number of halogens is 2. The van der Waals surface area contributed by atoms with Gasteiger partial charge in [-0.2, -0.15) is 0 Å². The van der Waals surface area contributed by atoms with Gasteiger partial charge in [-0.15, -0.1) is 5.10 Å². The molecule has 0 radical (unpaired) electrons. The zero-order valence-corrected chi connectivity index (χ0v) is 17.3. The molecule has 7 nitrogen and oxygen atoms in total. The van der Waals surface area contributed by atoms with Gasteiger partial charge in [-0.25, -0.2) is 14.1 Å². The third-order valence-corrected chi connectivity index (χ3v) is 5.25. The fourth-order valence-electron chi connectivity index (χ4n) is 3.37. The van der Waals surface area contributed by atoms with Crippen LogP contribution in [0.3, 0.4) is 0 Å². The highest BCUT2D eigenvalue weighted by molar-refractivity contribution is 6.31. The fourth-order valence-corrected chi connectivity index (χ4v) is 3.63. The number of pyridine rings is 1. The van der Waals surface area contributed by atoms with E-state index in [2.05, 4.69) is 15.1 Å². The average Bonchev–Trinajstić information content (AvgIpc) is 3.15. The fraction of sp³-hybridized carbons (Fsp3) is 0.136. The van der Waals surface area contributed by atoms with E-state index in [4.69, 9.17) is 11.6 Å². The van der Waals surface area contributed by atoms with E-state index in [-0.39, 0.29) is 18.5 Å². The van der Waals surface area contributed by atoms with E-state index in [1.165, 1.54) is 18.2 Å². The van der Waals surface area contributed by atoms with Crippen molar-refractivity contribution in [1.82, 2.24) is 19.7 Å². The normalized spacial score (nSPS) is 10.9. The first-order valence-electron chi connectivity index (χ1n) is 9.47. The molecule has 0 unspecified atom stereocenters. The standard InChI is InChI=1S/C22H17ClFN5O2/c1-28-22(26-21(27-28)19-7-2-3-12-25-19)15-9-11-20(29(30)31)14(13-15)8-10-16-17(23)5-4-6-18(16)24/h2-7,9,11-13H,8,10H2,1H3. The summed E-state index contributed by atoms with van der Waals surface area (Å²) >= 11 is 6.11. The second-order valence-electron chi connectivity index (χ2n) is 6.90. The largest absolute Gasteiger partial charge is 0.272 e. The number of rotatable bonds is 6. The minimum atomic E-state index is -0.446. The van der Waals surface area contributed by atoms with Crippen LogP contribution in [0.1, 0.15) is 11.1 Å². The number of hydrogen-bond acceptors (Lipinski definition) is 5. The Morgan fingerprint density at radius 1 is 1.13 bits per heavy atom. The molecular weight excluding hydrogens is 421 g/mol. The molecule has 2 aromatic carbocycles. The van der Waals surface area contributed by atoms with E-state index >= 15 is 0 Å². The van der Waals surface area contributed by atoms with Crippen molar-refractivity contribution in [2.45, 2.75) is 12.8 Å². The van der Waals surface area contributed by atoms with Gasteiger partial charge in [0.15, 0.2) is 11.6 Å². The molecule has 0 saturated carbocycles. The van der Waals surface area contributed by atoms with E-state index < -0.39 is 10.7 Å². The lowest BCUT2D eigenvalue weighted by Crippen LogP contribution is -2.02. The van der Waals surface area contributed by atoms with Crippen LogP contribution in [-0.2, 0) is 19.9 Å². The first-order valence-corrected chi connectivity index (χ1v) is 9.85. The Hall–Kier alpha value is -3.65. The Morgan fingerprint density at radius 3 is 2.68 bits per heavy atom. The number of nitro groups is 1. The van der Waals surface area contributed by atoms with Gasteiger partial charge in [0.05, 0.1) is 4.92 Å². The number of hydrogen-bond donors (Lipinski definition) is 0. The van der Waals surface area contributed by atoms with Gasteiger partial charge in [-0.3, -0.25) is 15.1 Å². The maximum absolute atomic E-state index is 14.1. The van der Waals surface area contributed by atoms with Crippen LogP contribution in [0.25, 0.3) is 22.9 Å². The van der Waals surface area contributed by atoms with Gasteiger partial charge in [-0.05, 0) is 49.2 Å². The lowest BCUT2D eigenvalue weighted by atomic mass is 10.00. The molecule has 0 atom stereocenters. The predicted octanol–water partition coefficient (Wildman–Crippen LogP) is 5.03. The average molecular weight is 438 g/mol. The minimum Gasteiger partial charge on any atom is -0.258 e. The van der Waals surface area contributed by atoms with Crippen LogP contribution in [0.15, 0.2) is 60.8 Å². The van der Waals surface area contributed by atoms with Crippen LogP contribution < -0.4 is 0 Å². The van der Waals surface area contributed by atoms with E-state index in [1.807, 2.05) is 6.07 Å². The summed E-state index contributed by atoms with van der Waals surface area (Å²) < 4.78 is 15.7. The highest BCUT2D eigenvalue weighted by Crippen LogP contribution is 2.29. The summed E-state index contributed by atoms with van der Waals surface area (Å²) in [4.78, 5) is 19.9. The van der Waals surface area contributed by atoms with E-state index in [0.717, 1.165) is 0 Å². The molecule has 0 spiro atoms. The van der Waals surface area contributed by atoms with Crippen molar-refractivity contribution in [3.63, 3.8) is 0 Å². The summed E-state index contributed by atoms with van der Waals surface area (Å²) in [6, 6.07) is 14.7. The minimum absolute atomic E-state index is 0.0386. The molecule has 4 aromatic rings. The van der Waals surface area contributed by atoms with Crippen molar-refractivity contribution in [2.24, 2.45) is 7.05 Å². The zero-order chi connectivity index (χ0) is 22.0. The Balaban J connectivity index is 1.69. The summed E-state index contributed by atoms with van der Waals surface area (Å²) in [5.74, 6) is 0.566. The van der Waals surface area contributed by atoms with Gasteiger partial charge in [0, 0.05) is 41.0 Å². The SMILES string of the molecule is Cn1nc(-c2ccccn2)nc1-c1ccc([N+](=O)[O-])c(CCc2c(F)cccc2Cl)c1. The Bertz CT molecular complexity index is 1240. The van der Waals surface area contributed by atoms with Crippen LogP contribution >= 0.6 is 11.6 Å². The molecule has 156 valence electrons. The monoisotopic (exact) mass is 437 g/mol. The molecule has 0 N–H and O–H groups in total. The topological polar surface area (TPSA) is 86.7 Å². The molecule has 0 fully saturated rings. The highest BCUT2D eigenvalue weighted by atomic mass is 35.5. The molecule has 4 rings (SSSR count). The number of benzene rings is 2. The van der Waals surface area contributed by atoms with E-state index in [9.17, 15) is 14.5 Å². The highest BCUT2D eigenvalue weighted by Gasteiger charge is 2.19. The maximum atomic E-state index is 14.1. The van der Waals surface area contributed by atoms with Crippen LogP contribution in [-0.4, -0.2) is 24.7 Å². The zero-order valence-electron chi connectivity index (χ0n) is 16.5. The van der Waals surface area contributed by atoms with Gasteiger partial charge in [0.1, 0.15) is 11.5 Å². The van der Waals surface area contributed by atoms with Gasteiger partial charge >= 0.3 is 0 Å². The van der Waals surface area contributed by atoms with Crippen LogP contribution in [0.2, 0.25) is 5.02 Å². The van der Waals surface area contributed by atoms with Crippen molar-refractivity contribution in [2.75, 3.05) is 0 Å². The van der Waals surface area contributed by atoms with Crippen LogP contribution in [0.5, 0.6) is 0 Å². The number of aromatic nitrogens is 4. The molecule has 2 aromatic heterocycles. The summed E-state index contributed by atoms with van der Waals surface area (Å²) in [6.45, 7) is 0. The summed E-state index contributed by atoms with van der Waals surface area (Å²) in [5, 5.41) is 16.2. The number of nitrogens with zero attached hydrogens (tertiary/aromatic N) is 5. The molecule has 0 saturated heterocycles. The molecule has 2 heterocycles. The molecule has 9 heteroatoms. The number of nitro benzene ring substituents is 1. The first kappa shape index (κ1) is 20.6. The molecule has 0 amide bonds. The van der Waals surface area contributed by atoms with E-state index in [0.29, 0.717) is 39.1 Å². The molecule has 0 aliphatic rings. The van der Waals surface area contributed by atoms with Crippen molar-refractivity contribution in [1.29, 1.82) is 0 Å². The van der Waals surface area contributed by atoms with Crippen molar-refractivity contribution < 1.29 is 9.31 Å². The van der Waals surface area contributed by atoms with E-state index in [1.54, 1.807) is 48.3 Å². The summed E-state index contributed by atoms with van der Waals surface area (Å²) in [7, 11) is 1.75. The van der Waals surface area contributed by atoms with Crippen molar-refractivity contribution >= 4 is 17.3 Å². The van der Waals surface area contributed by atoms with Crippen molar-refractivity contribution in [3.05, 3.63) is 92.9 Å². The molecule has 31 heavy (non-hydrogen) atoms. The predicted molar refractivity (Wildman–Crippen MR) is 115 cm³/mol. The van der Waals surface area contributed by atoms with Crippen LogP contribution in [0, 0.1) is 15.9 Å². The molecule has 0 aliphatic heterocycles. The number of aryl methyl sites for hydroxylation is 2. The smallest absolute Gasteiger partial charge is 0.258 e.